The van der Waals surface area contributed by atoms with Gasteiger partial charge in [0.25, 0.3) is 11.8 Å². The maximum absolute atomic E-state index is 13.8. The smallest absolute Gasteiger partial charge is 0.291 e. The van der Waals surface area contributed by atoms with Crippen LogP contribution in [-0.4, -0.2) is 11.8 Å². The number of amides is 2. The molecule has 0 saturated carbocycles. The van der Waals surface area contributed by atoms with Crippen molar-refractivity contribution in [3.8, 4) is 0 Å². The Hall–Kier alpha value is -3.12. The zero-order valence-corrected chi connectivity index (χ0v) is 14.4. The summed E-state index contributed by atoms with van der Waals surface area (Å²) in [5, 5.41) is 5.45. The third-order valence-electron chi connectivity index (χ3n) is 3.67. The van der Waals surface area contributed by atoms with Crippen molar-refractivity contribution in [3.63, 3.8) is 0 Å². The van der Waals surface area contributed by atoms with Crippen LogP contribution in [0.3, 0.4) is 0 Å². The minimum atomic E-state index is -0.596. The summed E-state index contributed by atoms with van der Waals surface area (Å²) >= 11 is 5.82. The van der Waals surface area contributed by atoms with Crippen molar-refractivity contribution in [2.75, 3.05) is 10.6 Å². The van der Waals surface area contributed by atoms with Crippen LogP contribution >= 0.6 is 11.6 Å². The van der Waals surface area contributed by atoms with Crippen LogP contribution in [0.15, 0.2) is 59.2 Å². The van der Waals surface area contributed by atoms with Crippen LogP contribution in [0.2, 0.25) is 5.02 Å². The van der Waals surface area contributed by atoms with Crippen LogP contribution < -0.4 is 10.6 Å². The molecule has 132 valence electrons. The van der Waals surface area contributed by atoms with Gasteiger partial charge in [-0.25, -0.2) is 4.39 Å². The van der Waals surface area contributed by atoms with E-state index in [2.05, 4.69) is 10.6 Å². The third-order valence-corrected chi connectivity index (χ3v) is 3.90. The summed E-state index contributed by atoms with van der Waals surface area (Å²) in [6, 6.07) is 11.8. The second kappa shape index (κ2) is 7.41. The van der Waals surface area contributed by atoms with Gasteiger partial charge in [-0.1, -0.05) is 17.7 Å². The molecule has 5 nitrogen and oxygen atoms in total. The molecule has 0 aliphatic heterocycles. The number of furan rings is 1. The topological polar surface area (TPSA) is 71.3 Å². The Balaban J connectivity index is 1.81. The molecular formula is C19H14ClFN2O3. The molecule has 0 fully saturated rings. The van der Waals surface area contributed by atoms with Gasteiger partial charge in [0.1, 0.15) is 5.82 Å². The largest absolute Gasteiger partial charge is 0.459 e. The van der Waals surface area contributed by atoms with Crippen LogP contribution in [0.25, 0.3) is 0 Å². The molecular weight excluding hydrogens is 359 g/mol. The number of rotatable bonds is 4. The van der Waals surface area contributed by atoms with Gasteiger partial charge in [0.15, 0.2) is 5.76 Å². The number of aryl methyl sites for hydroxylation is 1. The summed E-state index contributed by atoms with van der Waals surface area (Å²) in [5.74, 6) is -1.40. The molecule has 1 heterocycles. The average molecular weight is 373 g/mol. The molecule has 0 atom stereocenters. The van der Waals surface area contributed by atoms with E-state index in [1.54, 1.807) is 25.1 Å². The van der Waals surface area contributed by atoms with Crippen LogP contribution in [-0.2, 0) is 0 Å². The fourth-order valence-corrected chi connectivity index (χ4v) is 2.45. The fourth-order valence-electron chi connectivity index (χ4n) is 2.28. The molecule has 2 aromatic carbocycles. The molecule has 0 aliphatic carbocycles. The van der Waals surface area contributed by atoms with E-state index < -0.39 is 17.6 Å². The summed E-state index contributed by atoms with van der Waals surface area (Å²) in [4.78, 5) is 24.5. The molecule has 3 rings (SSSR count). The molecule has 0 radical (unpaired) electrons. The molecule has 1 aromatic heterocycles. The Morgan fingerprint density at radius 3 is 2.50 bits per heavy atom. The molecule has 0 spiro atoms. The quantitative estimate of drug-likeness (QED) is 0.685. The van der Waals surface area contributed by atoms with E-state index in [0.717, 1.165) is 5.56 Å². The first-order valence-electron chi connectivity index (χ1n) is 7.66. The minimum Gasteiger partial charge on any atom is -0.459 e. The predicted octanol–water partition coefficient (Wildman–Crippen LogP) is 4.89. The van der Waals surface area contributed by atoms with Gasteiger partial charge in [0.2, 0.25) is 0 Å². The monoisotopic (exact) mass is 372 g/mol. The third kappa shape index (κ3) is 3.92. The summed E-state index contributed by atoms with van der Waals surface area (Å²) < 4.78 is 18.8. The number of carbonyl (C=O) groups excluding carboxylic acids is 2. The Labute approximate surface area is 153 Å². The average Bonchev–Trinajstić information content (AvgIpc) is 3.14. The highest BCUT2D eigenvalue weighted by Gasteiger charge is 2.14. The van der Waals surface area contributed by atoms with Gasteiger partial charge in [-0.2, -0.15) is 0 Å². The van der Waals surface area contributed by atoms with E-state index in [4.69, 9.17) is 16.0 Å². The standard InChI is InChI=1S/C19H14ClFN2O3/c1-11-4-5-12(9-15(11)22-19(25)17-3-2-8-26-17)18(24)23-16-10-13(20)6-7-14(16)21/h2-10H,1H3,(H,22,25)(H,23,24). The highest BCUT2D eigenvalue weighted by Crippen LogP contribution is 2.22. The lowest BCUT2D eigenvalue weighted by Gasteiger charge is -2.11. The van der Waals surface area contributed by atoms with Crippen molar-refractivity contribution in [1.29, 1.82) is 0 Å². The van der Waals surface area contributed by atoms with Crippen molar-refractivity contribution in [2.24, 2.45) is 0 Å². The lowest BCUT2D eigenvalue weighted by atomic mass is 10.1. The van der Waals surface area contributed by atoms with Gasteiger partial charge in [-0.05, 0) is 55.0 Å². The van der Waals surface area contributed by atoms with Crippen LogP contribution in [0.1, 0.15) is 26.5 Å². The van der Waals surface area contributed by atoms with E-state index in [9.17, 15) is 14.0 Å². The summed E-state index contributed by atoms with van der Waals surface area (Å²) in [6.45, 7) is 1.79. The lowest BCUT2D eigenvalue weighted by Crippen LogP contribution is -2.15. The number of carbonyl (C=O) groups is 2. The molecule has 26 heavy (non-hydrogen) atoms. The van der Waals surface area contributed by atoms with E-state index in [0.29, 0.717) is 10.7 Å². The molecule has 0 aliphatic rings. The highest BCUT2D eigenvalue weighted by atomic mass is 35.5. The predicted molar refractivity (Wildman–Crippen MR) is 97.2 cm³/mol. The Bertz CT molecular complexity index is 971. The molecule has 0 saturated heterocycles. The molecule has 2 N–H and O–H groups in total. The molecule has 2 amide bonds. The summed E-state index contributed by atoms with van der Waals surface area (Å²) in [5.41, 5.74) is 1.44. The molecule has 0 bridgehead atoms. The van der Waals surface area contributed by atoms with Crippen LogP contribution in [0, 0.1) is 12.7 Å². The second-order valence-electron chi connectivity index (χ2n) is 5.54. The van der Waals surface area contributed by atoms with Gasteiger partial charge in [-0.15, -0.1) is 0 Å². The lowest BCUT2D eigenvalue weighted by molar-refractivity contribution is 0.0993. The first-order chi connectivity index (χ1) is 12.4. The van der Waals surface area contributed by atoms with Crippen molar-refractivity contribution >= 4 is 34.8 Å². The number of hydrogen-bond acceptors (Lipinski definition) is 3. The van der Waals surface area contributed by atoms with Crippen LogP contribution in [0.5, 0.6) is 0 Å². The first-order valence-corrected chi connectivity index (χ1v) is 8.04. The minimum absolute atomic E-state index is 0.0238. The fraction of sp³-hybridized carbons (Fsp3) is 0.0526. The van der Waals surface area contributed by atoms with E-state index in [1.807, 2.05) is 0 Å². The summed E-state index contributed by atoms with van der Waals surface area (Å²) in [7, 11) is 0. The van der Waals surface area contributed by atoms with Gasteiger partial charge < -0.3 is 15.1 Å². The zero-order valence-electron chi connectivity index (χ0n) is 13.7. The van der Waals surface area contributed by atoms with Gasteiger partial charge in [0.05, 0.1) is 12.0 Å². The van der Waals surface area contributed by atoms with Crippen molar-refractivity contribution in [2.45, 2.75) is 6.92 Å². The molecule has 7 heteroatoms. The maximum atomic E-state index is 13.8. The summed E-state index contributed by atoms with van der Waals surface area (Å²) in [6.07, 6.45) is 1.39. The van der Waals surface area contributed by atoms with Crippen molar-refractivity contribution < 1.29 is 18.4 Å². The number of halogens is 2. The first kappa shape index (κ1) is 17.7. The molecule has 3 aromatic rings. The van der Waals surface area contributed by atoms with Gasteiger partial charge in [0, 0.05) is 16.3 Å². The Kier molecular flexibility index (Phi) is 5.04. The highest BCUT2D eigenvalue weighted by molar-refractivity contribution is 6.31. The van der Waals surface area contributed by atoms with Gasteiger partial charge in [-0.3, -0.25) is 9.59 Å². The second-order valence-corrected chi connectivity index (χ2v) is 5.98. The van der Waals surface area contributed by atoms with E-state index in [-0.39, 0.29) is 17.0 Å². The number of hydrogen-bond donors (Lipinski definition) is 2. The number of benzene rings is 2. The number of nitrogens with one attached hydrogen (secondary N) is 2. The Morgan fingerprint density at radius 2 is 1.77 bits per heavy atom. The molecule has 0 unspecified atom stereocenters. The van der Waals surface area contributed by atoms with Crippen LogP contribution in [0.4, 0.5) is 15.8 Å². The van der Waals surface area contributed by atoms with Crippen molar-refractivity contribution in [3.05, 3.63) is 82.5 Å². The van der Waals surface area contributed by atoms with Crippen molar-refractivity contribution in [1.82, 2.24) is 0 Å². The Morgan fingerprint density at radius 1 is 1.00 bits per heavy atom. The van der Waals surface area contributed by atoms with E-state index in [1.165, 1.54) is 36.6 Å². The van der Waals surface area contributed by atoms with Gasteiger partial charge >= 0.3 is 0 Å². The van der Waals surface area contributed by atoms with E-state index >= 15 is 0 Å². The normalized spacial score (nSPS) is 10.4. The number of anilines is 2. The maximum Gasteiger partial charge on any atom is 0.291 e. The zero-order chi connectivity index (χ0) is 18.7. The SMILES string of the molecule is Cc1ccc(C(=O)Nc2cc(Cl)ccc2F)cc1NC(=O)c1ccco1.